The number of carbonyl (C=O) groups excluding carboxylic acids is 1. The number of carbonyl (C=O) groups is 1. The van der Waals surface area contributed by atoms with E-state index in [1.54, 1.807) is 20.0 Å². The van der Waals surface area contributed by atoms with Crippen molar-refractivity contribution in [2.45, 2.75) is 97.5 Å². The summed E-state index contributed by atoms with van der Waals surface area (Å²) in [5, 5.41) is 26.3. The summed E-state index contributed by atoms with van der Waals surface area (Å²) in [5.41, 5.74) is 12.7. The Morgan fingerprint density at radius 1 is 1.27 bits per heavy atom. The highest BCUT2D eigenvalue weighted by molar-refractivity contribution is 5.94. The summed E-state index contributed by atoms with van der Waals surface area (Å²) in [6.07, 6.45) is 8.91. The van der Waals surface area contributed by atoms with E-state index < -0.39 is 5.60 Å². The van der Waals surface area contributed by atoms with Gasteiger partial charge in [0.1, 0.15) is 22.9 Å². The number of fused-ring (bicyclic) bond motifs is 1. The first-order chi connectivity index (χ1) is 19.1. The van der Waals surface area contributed by atoms with Crippen molar-refractivity contribution in [3.63, 3.8) is 0 Å². The molecule has 1 fully saturated rings. The minimum absolute atomic E-state index is 0.139. The fourth-order valence-corrected chi connectivity index (χ4v) is 5.96. The highest BCUT2D eigenvalue weighted by Crippen LogP contribution is 2.45. The van der Waals surface area contributed by atoms with Gasteiger partial charge in [-0.3, -0.25) is 15.2 Å². The van der Waals surface area contributed by atoms with Crippen LogP contribution in [0.3, 0.4) is 0 Å². The molecule has 0 aromatic heterocycles. The van der Waals surface area contributed by atoms with Crippen molar-refractivity contribution in [2.75, 3.05) is 13.7 Å². The first-order valence-electron chi connectivity index (χ1n) is 14.3. The lowest BCUT2D eigenvalue weighted by molar-refractivity contribution is -0.152. The van der Waals surface area contributed by atoms with Crippen LogP contribution in [0.4, 0.5) is 0 Å². The first kappa shape index (κ1) is 31.0. The largest absolute Gasteiger partial charge is 0.512 e. The number of hydrogen-bond acceptors (Lipinski definition) is 8. The molecule has 1 aliphatic carbocycles. The van der Waals surface area contributed by atoms with E-state index in [4.69, 9.17) is 15.2 Å². The van der Waals surface area contributed by atoms with Gasteiger partial charge in [-0.25, -0.2) is 0 Å². The summed E-state index contributed by atoms with van der Waals surface area (Å²) in [5.74, 6) is 2.01. The number of aryl methyl sites for hydroxylation is 2. The van der Waals surface area contributed by atoms with Crippen LogP contribution in [0.5, 0.6) is 11.5 Å². The molecular formula is C31H46N4O5. The molecule has 1 aromatic carbocycles. The molecule has 9 heteroatoms. The second-order valence-corrected chi connectivity index (χ2v) is 11.1. The number of ether oxygens (including phenoxy) is 2. The number of nitrogens with zero attached hydrogens (tertiary/aromatic N) is 2. The predicted octanol–water partition coefficient (Wildman–Crippen LogP) is 5.39. The fraction of sp³-hybridized carbons (Fsp3) is 0.581. The number of aliphatic hydroxyl groups is 1. The van der Waals surface area contributed by atoms with Gasteiger partial charge >= 0.3 is 0 Å². The standard InChI is InChI=1S/C31H46N4O5/c1-6-23-17-24(30-26(29(23)38)12-14-39-30)11-13-31(40-19-36,25-9-7-8-10-25)18-27(37)20(2)15-28(33-5)35-34-22(4)16-21(3)32/h16-17,19,25,37-38H,6-15,18,32H2,1-5H3,(H,33,35)/b21-16-,27-20-,34-22-. The number of benzene rings is 1. The van der Waals surface area contributed by atoms with Crippen LogP contribution in [0.25, 0.3) is 0 Å². The molecule has 1 heterocycles. The van der Waals surface area contributed by atoms with Gasteiger partial charge in [0.25, 0.3) is 6.47 Å². The van der Waals surface area contributed by atoms with Crippen LogP contribution >= 0.6 is 0 Å². The molecule has 5 N–H and O–H groups in total. The van der Waals surface area contributed by atoms with Gasteiger partial charge in [0.2, 0.25) is 0 Å². The number of allylic oxidation sites excluding steroid dienone is 2. The number of aromatic hydroxyl groups is 1. The summed E-state index contributed by atoms with van der Waals surface area (Å²) in [6, 6.07) is 2.01. The molecule has 1 aromatic rings. The highest BCUT2D eigenvalue weighted by atomic mass is 16.5. The van der Waals surface area contributed by atoms with Crippen LogP contribution in [0.15, 0.2) is 39.3 Å². The maximum atomic E-state index is 11.9. The quantitative estimate of drug-likeness (QED) is 0.0842. The van der Waals surface area contributed by atoms with Crippen LogP contribution in [0.1, 0.15) is 89.3 Å². The van der Waals surface area contributed by atoms with Gasteiger partial charge in [-0.1, -0.05) is 19.8 Å². The Bertz CT molecular complexity index is 1180. The smallest absolute Gasteiger partial charge is 0.293 e. The molecule has 1 atom stereocenters. The first-order valence-corrected chi connectivity index (χ1v) is 14.3. The lowest BCUT2D eigenvalue weighted by Crippen LogP contribution is -2.41. The van der Waals surface area contributed by atoms with Gasteiger partial charge in [-0.15, -0.1) is 0 Å². The predicted molar refractivity (Wildman–Crippen MR) is 159 cm³/mol. The molecule has 0 amide bonds. The van der Waals surface area contributed by atoms with E-state index in [2.05, 4.69) is 15.5 Å². The molecule has 1 saturated carbocycles. The Labute approximate surface area is 238 Å². The molecule has 1 aliphatic heterocycles. The summed E-state index contributed by atoms with van der Waals surface area (Å²) in [4.78, 5) is 16.2. The number of hydrogen-bond donors (Lipinski definition) is 4. The number of nitrogens with two attached hydrogens (primary N) is 1. The second kappa shape index (κ2) is 14.2. The highest BCUT2D eigenvalue weighted by Gasteiger charge is 2.43. The lowest BCUT2D eigenvalue weighted by atomic mass is 9.77. The summed E-state index contributed by atoms with van der Waals surface area (Å²) < 4.78 is 11.9. The van der Waals surface area contributed by atoms with Gasteiger partial charge in [-0.05, 0) is 87.6 Å². The SMILES string of the molecule is CCc1cc(CCC(C/C(O)=C(\C)CC(=NC)N/N=C(C)\C=C(\C)N)(OC=O)C2CCCC2)c2c(c1O)CCO2. The molecule has 220 valence electrons. The summed E-state index contributed by atoms with van der Waals surface area (Å²) in [7, 11) is 1.67. The van der Waals surface area contributed by atoms with E-state index in [9.17, 15) is 15.0 Å². The van der Waals surface area contributed by atoms with Crippen LogP contribution in [-0.4, -0.2) is 47.5 Å². The van der Waals surface area contributed by atoms with Crippen molar-refractivity contribution < 1.29 is 24.5 Å². The molecule has 0 saturated heterocycles. The normalized spacial score (nSPS) is 18.6. The lowest BCUT2D eigenvalue weighted by Gasteiger charge is -2.38. The van der Waals surface area contributed by atoms with Crippen LogP contribution in [0, 0.1) is 5.92 Å². The van der Waals surface area contributed by atoms with Crippen molar-refractivity contribution in [3.8, 4) is 11.5 Å². The third kappa shape index (κ3) is 7.58. The van der Waals surface area contributed by atoms with E-state index >= 15 is 0 Å². The number of aliphatic imine (C=N–C) groups is 1. The van der Waals surface area contributed by atoms with E-state index in [1.165, 1.54) is 0 Å². The zero-order valence-corrected chi connectivity index (χ0v) is 24.7. The fourth-order valence-electron chi connectivity index (χ4n) is 5.96. The minimum Gasteiger partial charge on any atom is -0.512 e. The molecule has 40 heavy (non-hydrogen) atoms. The Morgan fingerprint density at radius 2 is 2.00 bits per heavy atom. The monoisotopic (exact) mass is 554 g/mol. The average Bonchev–Trinajstić information content (AvgIpc) is 3.63. The van der Waals surface area contributed by atoms with Gasteiger partial charge < -0.3 is 25.4 Å². The maximum absolute atomic E-state index is 11.9. The second-order valence-electron chi connectivity index (χ2n) is 11.1. The Hall–Kier alpha value is -3.49. The molecule has 0 radical (unpaired) electrons. The van der Waals surface area contributed by atoms with E-state index in [0.717, 1.165) is 53.7 Å². The molecule has 0 bridgehead atoms. The Balaban J connectivity index is 1.87. The number of hydrazone groups is 1. The van der Waals surface area contributed by atoms with Crippen LogP contribution in [0.2, 0.25) is 0 Å². The van der Waals surface area contributed by atoms with Gasteiger partial charge in [-0.2, -0.15) is 5.10 Å². The van der Waals surface area contributed by atoms with Gasteiger partial charge in [0.05, 0.1) is 18.1 Å². The molecular weight excluding hydrogens is 508 g/mol. The third-order valence-corrected chi connectivity index (χ3v) is 8.14. The Morgan fingerprint density at radius 3 is 2.62 bits per heavy atom. The van der Waals surface area contributed by atoms with E-state index in [0.29, 0.717) is 68.2 Å². The summed E-state index contributed by atoms with van der Waals surface area (Å²) >= 11 is 0. The van der Waals surface area contributed by atoms with Crippen molar-refractivity contribution >= 4 is 18.0 Å². The van der Waals surface area contributed by atoms with Gasteiger partial charge in [0, 0.05) is 37.6 Å². The Kier molecular flexibility index (Phi) is 11.0. The molecule has 3 rings (SSSR count). The van der Waals surface area contributed by atoms with Crippen LogP contribution < -0.4 is 15.9 Å². The zero-order valence-electron chi connectivity index (χ0n) is 24.7. The summed E-state index contributed by atoms with van der Waals surface area (Å²) in [6.45, 7) is 8.59. The average molecular weight is 555 g/mol. The van der Waals surface area contributed by atoms with Crippen molar-refractivity contribution in [2.24, 2.45) is 21.7 Å². The zero-order chi connectivity index (χ0) is 29.3. The van der Waals surface area contributed by atoms with Crippen molar-refractivity contribution in [1.82, 2.24) is 5.43 Å². The number of amidine groups is 1. The minimum atomic E-state index is -0.853. The number of rotatable bonds is 13. The van der Waals surface area contributed by atoms with E-state index in [1.807, 2.05) is 26.8 Å². The number of nitrogens with one attached hydrogen (secondary N) is 1. The van der Waals surface area contributed by atoms with Crippen molar-refractivity contribution in [3.05, 3.63) is 45.9 Å². The molecule has 2 aliphatic rings. The molecule has 1 unspecified atom stereocenters. The number of phenols is 1. The molecule has 9 nitrogen and oxygen atoms in total. The van der Waals surface area contributed by atoms with Crippen molar-refractivity contribution in [1.29, 1.82) is 0 Å². The third-order valence-electron chi connectivity index (χ3n) is 8.14. The van der Waals surface area contributed by atoms with Crippen LogP contribution in [-0.2, 0) is 28.8 Å². The maximum Gasteiger partial charge on any atom is 0.293 e. The molecule has 0 spiro atoms. The number of aliphatic hydroxyl groups excluding tert-OH is 1. The topological polar surface area (TPSA) is 139 Å². The number of phenolic OH excluding ortho intramolecular Hbond substituents is 1. The van der Waals surface area contributed by atoms with E-state index in [-0.39, 0.29) is 18.1 Å². The van der Waals surface area contributed by atoms with Gasteiger partial charge in [0.15, 0.2) is 0 Å².